The van der Waals surface area contributed by atoms with E-state index >= 15 is 0 Å². The van der Waals surface area contributed by atoms with E-state index in [0.717, 1.165) is 25.1 Å². The zero-order chi connectivity index (χ0) is 9.90. The van der Waals surface area contributed by atoms with Crippen molar-refractivity contribution in [2.45, 2.75) is 38.7 Å². The lowest BCUT2D eigenvalue weighted by molar-refractivity contribution is 0.0466. The molecule has 0 amide bonds. The van der Waals surface area contributed by atoms with Crippen LogP contribution in [0.1, 0.15) is 32.5 Å². The van der Waals surface area contributed by atoms with Crippen molar-refractivity contribution in [3.63, 3.8) is 0 Å². The molecule has 1 atom stereocenters. The third kappa shape index (κ3) is 2.84. The number of hydrogen-bond acceptors (Lipinski definition) is 2. The first-order chi connectivity index (χ1) is 6.05. The van der Waals surface area contributed by atoms with Crippen LogP contribution in [0.3, 0.4) is 0 Å². The molecule has 0 aliphatic carbocycles. The second kappa shape index (κ2) is 3.92. The Bertz CT molecular complexity index is 266. The normalized spacial score (nSPS) is 15.7. The number of aliphatic hydroxyl groups is 1. The summed E-state index contributed by atoms with van der Waals surface area (Å²) in [5.41, 5.74) is -0.550. The molecule has 0 aliphatic rings. The van der Waals surface area contributed by atoms with Gasteiger partial charge < -0.3 is 9.67 Å². The summed E-state index contributed by atoms with van der Waals surface area (Å²) in [6.45, 7) is 3.87. The molecule has 1 aromatic rings. The van der Waals surface area contributed by atoms with Gasteiger partial charge in [-0.3, -0.25) is 0 Å². The van der Waals surface area contributed by atoms with Crippen LogP contribution in [0.4, 0.5) is 0 Å². The van der Waals surface area contributed by atoms with Gasteiger partial charge in [-0.2, -0.15) is 0 Å². The first kappa shape index (κ1) is 10.3. The fraction of sp³-hybridized carbons (Fsp3) is 0.700. The molecule has 0 aromatic carbocycles. The van der Waals surface area contributed by atoms with Gasteiger partial charge in [-0.25, -0.2) is 4.98 Å². The minimum Gasteiger partial charge on any atom is -0.390 e. The van der Waals surface area contributed by atoms with E-state index in [9.17, 15) is 5.11 Å². The number of rotatable bonds is 4. The minimum absolute atomic E-state index is 0.550. The van der Waals surface area contributed by atoms with E-state index in [4.69, 9.17) is 0 Å². The van der Waals surface area contributed by atoms with Crippen LogP contribution in [-0.4, -0.2) is 20.3 Å². The molecule has 3 nitrogen and oxygen atoms in total. The molecule has 0 saturated carbocycles. The molecule has 0 fully saturated rings. The van der Waals surface area contributed by atoms with Crippen LogP contribution in [0.25, 0.3) is 0 Å². The summed E-state index contributed by atoms with van der Waals surface area (Å²) < 4.78 is 1.99. The standard InChI is InChI=1S/C10H18N2O/c1-4-10(2,13)6-5-9-11-7-8-12(9)3/h7-8,13H,4-6H2,1-3H3. The second-order valence-electron chi connectivity index (χ2n) is 3.80. The van der Waals surface area contributed by atoms with Crippen molar-refractivity contribution < 1.29 is 5.11 Å². The van der Waals surface area contributed by atoms with Crippen LogP contribution in [0.15, 0.2) is 12.4 Å². The first-order valence-corrected chi connectivity index (χ1v) is 4.74. The average Bonchev–Trinajstić information content (AvgIpc) is 2.48. The highest BCUT2D eigenvalue weighted by Gasteiger charge is 2.17. The van der Waals surface area contributed by atoms with Crippen molar-refractivity contribution in [3.8, 4) is 0 Å². The van der Waals surface area contributed by atoms with Crippen LogP contribution in [0.2, 0.25) is 0 Å². The second-order valence-corrected chi connectivity index (χ2v) is 3.80. The molecular formula is C10H18N2O. The number of nitrogens with zero attached hydrogens (tertiary/aromatic N) is 2. The van der Waals surface area contributed by atoms with Gasteiger partial charge in [0.15, 0.2) is 0 Å². The Morgan fingerprint density at radius 2 is 2.31 bits per heavy atom. The Kier molecular flexibility index (Phi) is 3.09. The van der Waals surface area contributed by atoms with Crippen molar-refractivity contribution >= 4 is 0 Å². The van der Waals surface area contributed by atoms with Crippen molar-refractivity contribution in [3.05, 3.63) is 18.2 Å². The molecule has 74 valence electrons. The van der Waals surface area contributed by atoms with E-state index in [1.165, 1.54) is 0 Å². The fourth-order valence-corrected chi connectivity index (χ4v) is 1.20. The van der Waals surface area contributed by atoms with Gasteiger partial charge in [-0.05, 0) is 19.8 Å². The summed E-state index contributed by atoms with van der Waals surface area (Å²) in [7, 11) is 1.98. The highest BCUT2D eigenvalue weighted by molar-refractivity contribution is 4.92. The lowest BCUT2D eigenvalue weighted by Crippen LogP contribution is -2.23. The molecule has 1 rings (SSSR count). The predicted octanol–water partition coefficient (Wildman–Crippen LogP) is 1.51. The Morgan fingerprint density at radius 3 is 2.77 bits per heavy atom. The maximum absolute atomic E-state index is 9.78. The Hall–Kier alpha value is -0.830. The number of aryl methyl sites for hydroxylation is 2. The molecule has 1 aromatic heterocycles. The third-order valence-corrected chi connectivity index (χ3v) is 2.57. The van der Waals surface area contributed by atoms with Crippen molar-refractivity contribution in [1.82, 2.24) is 9.55 Å². The summed E-state index contributed by atoms with van der Waals surface area (Å²) >= 11 is 0. The van der Waals surface area contributed by atoms with Crippen LogP contribution in [0, 0.1) is 0 Å². The number of imidazole rings is 1. The lowest BCUT2D eigenvalue weighted by Gasteiger charge is -2.20. The van der Waals surface area contributed by atoms with Gasteiger partial charge >= 0.3 is 0 Å². The van der Waals surface area contributed by atoms with Crippen LogP contribution in [0.5, 0.6) is 0 Å². The molecule has 1 N–H and O–H groups in total. The number of hydrogen-bond donors (Lipinski definition) is 1. The summed E-state index contributed by atoms with van der Waals surface area (Å²) in [6.07, 6.45) is 6.11. The molecule has 0 saturated heterocycles. The zero-order valence-electron chi connectivity index (χ0n) is 8.62. The molecule has 13 heavy (non-hydrogen) atoms. The molecule has 0 aliphatic heterocycles. The number of aromatic nitrogens is 2. The van der Waals surface area contributed by atoms with Gasteiger partial charge in [0.05, 0.1) is 5.60 Å². The van der Waals surface area contributed by atoms with E-state index in [2.05, 4.69) is 4.98 Å². The van der Waals surface area contributed by atoms with Gasteiger partial charge in [0.1, 0.15) is 5.82 Å². The summed E-state index contributed by atoms with van der Waals surface area (Å²) in [6, 6.07) is 0. The Morgan fingerprint density at radius 1 is 1.62 bits per heavy atom. The lowest BCUT2D eigenvalue weighted by atomic mass is 9.97. The molecule has 3 heteroatoms. The van der Waals surface area contributed by atoms with Gasteiger partial charge in [-0.15, -0.1) is 0 Å². The quantitative estimate of drug-likeness (QED) is 0.766. The smallest absolute Gasteiger partial charge is 0.108 e. The summed E-state index contributed by atoms with van der Waals surface area (Å²) in [5.74, 6) is 1.04. The van der Waals surface area contributed by atoms with Crippen LogP contribution in [-0.2, 0) is 13.5 Å². The maximum atomic E-state index is 9.78. The molecule has 0 bridgehead atoms. The largest absolute Gasteiger partial charge is 0.390 e. The zero-order valence-corrected chi connectivity index (χ0v) is 8.62. The topological polar surface area (TPSA) is 38.1 Å². The Labute approximate surface area is 79.4 Å². The van der Waals surface area contributed by atoms with E-state index in [1.807, 2.05) is 31.7 Å². The summed E-state index contributed by atoms with van der Waals surface area (Å²) in [4.78, 5) is 4.20. The molecule has 1 heterocycles. The van der Waals surface area contributed by atoms with Crippen LogP contribution >= 0.6 is 0 Å². The van der Waals surface area contributed by atoms with E-state index in [1.54, 1.807) is 6.20 Å². The van der Waals surface area contributed by atoms with Crippen molar-refractivity contribution in [2.75, 3.05) is 0 Å². The van der Waals surface area contributed by atoms with Gasteiger partial charge in [0.25, 0.3) is 0 Å². The van der Waals surface area contributed by atoms with E-state index in [-0.39, 0.29) is 0 Å². The molecule has 1 unspecified atom stereocenters. The minimum atomic E-state index is -0.550. The molecule has 0 spiro atoms. The highest BCUT2D eigenvalue weighted by atomic mass is 16.3. The monoisotopic (exact) mass is 182 g/mol. The molecular weight excluding hydrogens is 164 g/mol. The van der Waals surface area contributed by atoms with Crippen LogP contribution < -0.4 is 0 Å². The van der Waals surface area contributed by atoms with E-state index < -0.39 is 5.60 Å². The average molecular weight is 182 g/mol. The van der Waals surface area contributed by atoms with E-state index in [0.29, 0.717) is 0 Å². The van der Waals surface area contributed by atoms with Gasteiger partial charge in [0.2, 0.25) is 0 Å². The highest BCUT2D eigenvalue weighted by Crippen LogP contribution is 2.16. The SMILES string of the molecule is CCC(C)(O)CCc1nccn1C. The van der Waals surface area contributed by atoms with Crippen molar-refractivity contribution in [1.29, 1.82) is 0 Å². The van der Waals surface area contributed by atoms with Gasteiger partial charge in [0, 0.05) is 25.9 Å². The molecule has 0 radical (unpaired) electrons. The predicted molar refractivity (Wildman–Crippen MR) is 52.4 cm³/mol. The first-order valence-electron chi connectivity index (χ1n) is 4.74. The maximum Gasteiger partial charge on any atom is 0.108 e. The summed E-state index contributed by atoms with van der Waals surface area (Å²) in [5, 5.41) is 9.78. The van der Waals surface area contributed by atoms with Crippen molar-refractivity contribution in [2.24, 2.45) is 7.05 Å². The third-order valence-electron chi connectivity index (χ3n) is 2.57. The van der Waals surface area contributed by atoms with Gasteiger partial charge in [-0.1, -0.05) is 6.92 Å². The Balaban J connectivity index is 2.48. The fourth-order valence-electron chi connectivity index (χ4n) is 1.20.